The number of hydrogen-bond donors (Lipinski definition) is 1. The van der Waals surface area contributed by atoms with E-state index in [9.17, 15) is 4.79 Å². The fourth-order valence-corrected chi connectivity index (χ4v) is 2.02. The fraction of sp³-hybridized carbons (Fsp3) is 0.0714. The van der Waals surface area contributed by atoms with Gasteiger partial charge in [0.15, 0.2) is 0 Å². The minimum Gasteiger partial charge on any atom is -0.366 e. The van der Waals surface area contributed by atoms with Gasteiger partial charge < -0.3 is 5.73 Å². The van der Waals surface area contributed by atoms with Crippen LogP contribution in [-0.2, 0) is 0 Å². The van der Waals surface area contributed by atoms with Gasteiger partial charge in [0, 0.05) is 0 Å². The Bertz CT molecular complexity index is 759. The molecule has 3 rings (SSSR count). The SMILES string of the molecule is Cc1ccc(-n2nnc3c(C(N)=O)cccc32)cc1. The summed E-state index contributed by atoms with van der Waals surface area (Å²) in [5.41, 5.74) is 9.07. The Hall–Kier alpha value is -2.69. The molecule has 19 heavy (non-hydrogen) atoms. The van der Waals surface area contributed by atoms with Crippen molar-refractivity contribution in [2.45, 2.75) is 6.92 Å². The highest BCUT2D eigenvalue weighted by atomic mass is 16.1. The topological polar surface area (TPSA) is 73.8 Å². The summed E-state index contributed by atoms with van der Waals surface area (Å²) in [5, 5.41) is 8.15. The quantitative estimate of drug-likeness (QED) is 0.756. The molecule has 1 heterocycles. The number of nitrogens with two attached hydrogens (primary N) is 1. The number of rotatable bonds is 2. The molecular weight excluding hydrogens is 240 g/mol. The third-order valence-corrected chi connectivity index (χ3v) is 3.02. The number of aryl methyl sites for hydroxylation is 1. The molecule has 0 atom stereocenters. The van der Waals surface area contributed by atoms with Gasteiger partial charge in [-0.2, -0.15) is 0 Å². The molecule has 0 unspecified atom stereocenters. The molecule has 5 heteroatoms. The van der Waals surface area contributed by atoms with Crippen LogP contribution < -0.4 is 5.73 Å². The Morgan fingerprint density at radius 2 is 1.89 bits per heavy atom. The zero-order valence-electron chi connectivity index (χ0n) is 10.4. The smallest absolute Gasteiger partial charge is 0.251 e. The van der Waals surface area contributed by atoms with E-state index in [2.05, 4.69) is 10.3 Å². The molecule has 0 fully saturated rings. The van der Waals surface area contributed by atoms with E-state index >= 15 is 0 Å². The van der Waals surface area contributed by atoms with Crippen LogP contribution >= 0.6 is 0 Å². The molecule has 0 aliphatic carbocycles. The van der Waals surface area contributed by atoms with Crippen LogP contribution in [0.4, 0.5) is 0 Å². The van der Waals surface area contributed by atoms with E-state index in [1.165, 1.54) is 5.56 Å². The summed E-state index contributed by atoms with van der Waals surface area (Å²) < 4.78 is 1.70. The molecule has 2 aromatic carbocycles. The van der Waals surface area contributed by atoms with E-state index in [4.69, 9.17) is 5.73 Å². The van der Waals surface area contributed by atoms with Crippen LogP contribution in [0.1, 0.15) is 15.9 Å². The van der Waals surface area contributed by atoms with E-state index in [1.807, 2.05) is 37.3 Å². The van der Waals surface area contributed by atoms with Crippen LogP contribution in [0, 0.1) is 6.92 Å². The summed E-state index contributed by atoms with van der Waals surface area (Å²) in [4.78, 5) is 11.4. The molecule has 1 aromatic heterocycles. The lowest BCUT2D eigenvalue weighted by atomic mass is 10.1. The zero-order valence-corrected chi connectivity index (χ0v) is 10.4. The van der Waals surface area contributed by atoms with Gasteiger partial charge in [-0.05, 0) is 31.2 Å². The van der Waals surface area contributed by atoms with Gasteiger partial charge in [0.05, 0.1) is 16.8 Å². The van der Waals surface area contributed by atoms with Crippen LogP contribution in [0.15, 0.2) is 42.5 Å². The minimum atomic E-state index is -0.499. The second-order valence-corrected chi connectivity index (χ2v) is 4.37. The zero-order chi connectivity index (χ0) is 13.4. The van der Waals surface area contributed by atoms with Gasteiger partial charge >= 0.3 is 0 Å². The summed E-state index contributed by atoms with van der Waals surface area (Å²) in [5.74, 6) is -0.499. The van der Waals surface area contributed by atoms with Crippen LogP contribution in [0.2, 0.25) is 0 Å². The summed E-state index contributed by atoms with van der Waals surface area (Å²) in [6.45, 7) is 2.02. The second kappa shape index (κ2) is 4.20. The highest BCUT2D eigenvalue weighted by Gasteiger charge is 2.12. The molecule has 2 N–H and O–H groups in total. The van der Waals surface area contributed by atoms with Crippen molar-refractivity contribution in [3.63, 3.8) is 0 Å². The van der Waals surface area contributed by atoms with Crippen molar-refractivity contribution in [1.82, 2.24) is 15.0 Å². The van der Waals surface area contributed by atoms with Gasteiger partial charge in [-0.3, -0.25) is 4.79 Å². The predicted octanol–water partition coefficient (Wildman–Crippen LogP) is 1.83. The number of carbonyl (C=O) groups excluding carboxylic acids is 1. The average molecular weight is 252 g/mol. The molecule has 0 bridgehead atoms. The lowest BCUT2D eigenvalue weighted by Crippen LogP contribution is -2.11. The molecule has 0 aliphatic heterocycles. The van der Waals surface area contributed by atoms with Crippen molar-refractivity contribution >= 4 is 16.9 Å². The average Bonchev–Trinajstić information content (AvgIpc) is 2.83. The third-order valence-electron chi connectivity index (χ3n) is 3.02. The first-order chi connectivity index (χ1) is 9.16. The van der Waals surface area contributed by atoms with Gasteiger partial charge in [-0.1, -0.05) is 29.0 Å². The number of nitrogens with zero attached hydrogens (tertiary/aromatic N) is 3. The summed E-state index contributed by atoms with van der Waals surface area (Å²) in [7, 11) is 0. The summed E-state index contributed by atoms with van der Waals surface area (Å²) >= 11 is 0. The summed E-state index contributed by atoms with van der Waals surface area (Å²) in [6, 6.07) is 13.2. The standard InChI is InChI=1S/C14H12N4O/c1-9-5-7-10(8-6-9)18-12-4-2-3-11(14(15)19)13(12)16-17-18/h2-8H,1H3,(H2,15,19). The van der Waals surface area contributed by atoms with Gasteiger partial charge in [0.2, 0.25) is 0 Å². The highest BCUT2D eigenvalue weighted by molar-refractivity contribution is 6.04. The van der Waals surface area contributed by atoms with Gasteiger partial charge in [0.25, 0.3) is 5.91 Å². The molecule has 0 spiro atoms. The molecule has 0 saturated heterocycles. The molecule has 1 amide bonds. The number of fused-ring (bicyclic) bond motifs is 1. The third kappa shape index (κ3) is 1.85. The molecule has 5 nitrogen and oxygen atoms in total. The number of amides is 1. The van der Waals surface area contributed by atoms with E-state index in [-0.39, 0.29) is 0 Å². The fourth-order valence-electron chi connectivity index (χ4n) is 2.02. The van der Waals surface area contributed by atoms with Crippen molar-refractivity contribution < 1.29 is 4.79 Å². The van der Waals surface area contributed by atoms with Crippen molar-refractivity contribution in [2.24, 2.45) is 5.73 Å². The van der Waals surface area contributed by atoms with Crippen molar-refractivity contribution in [3.05, 3.63) is 53.6 Å². The first-order valence-electron chi connectivity index (χ1n) is 5.88. The second-order valence-electron chi connectivity index (χ2n) is 4.37. The Morgan fingerprint density at radius 3 is 2.58 bits per heavy atom. The molecular formula is C14H12N4O. The molecule has 0 aliphatic rings. The lowest BCUT2D eigenvalue weighted by molar-refractivity contribution is 0.100. The van der Waals surface area contributed by atoms with Crippen molar-refractivity contribution in [3.8, 4) is 5.69 Å². The van der Waals surface area contributed by atoms with Crippen molar-refractivity contribution in [1.29, 1.82) is 0 Å². The van der Waals surface area contributed by atoms with E-state index < -0.39 is 5.91 Å². The molecule has 94 valence electrons. The summed E-state index contributed by atoms with van der Waals surface area (Å²) in [6.07, 6.45) is 0. The molecule has 3 aromatic rings. The van der Waals surface area contributed by atoms with Gasteiger partial charge in [0.1, 0.15) is 5.52 Å². The Balaban J connectivity index is 2.24. The van der Waals surface area contributed by atoms with Gasteiger partial charge in [-0.15, -0.1) is 5.10 Å². The minimum absolute atomic E-state index is 0.385. The maximum Gasteiger partial charge on any atom is 0.251 e. The Labute approximate surface area is 109 Å². The maximum absolute atomic E-state index is 11.4. The Morgan fingerprint density at radius 1 is 1.16 bits per heavy atom. The largest absolute Gasteiger partial charge is 0.366 e. The first-order valence-corrected chi connectivity index (χ1v) is 5.88. The number of aromatic nitrogens is 3. The maximum atomic E-state index is 11.4. The first kappa shape index (κ1) is 11.4. The van der Waals surface area contributed by atoms with Crippen LogP contribution in [0.5, 0.6) is 0 Å². The van der Waals surface area contributed by atoms with Gasteiger partial charge in [-0.25, -0.2) is 4.68 Å². The number of primary amides is 1. The highest BCUT2D eigenvalue weighted by Crippen LogP contribution is 2.19. The van der Waals surface area contributed by atoms with E-state index in [0.29, 0.717) is 11.1 Å². The van der Waals surface area contributed by atoms with E-state index in [1.54, 1.807) is 16.8 Å². The van der Waals surface area contributed by atoms with Crippen LogP contribution in [0.25, 0.3) is 16.7 Å². The number of hydrogen-bond acceptors (Lipinski definition) is 3. The molecule has 0 radical (unpaired) electrons. The predicted molar refractivity (Wildman–Crippen MR) is 72.1 cm³/mol. The Kier molecular flexibility index (Phi) is 2.52. The molecule has 0 saturated carbocycles. The van der Waals surface area contributed by atoms with Crippen molar-refractivity contribution in [2.75, 3.05) is 0 Å². The number of carbonyl (C=O) groups is 1. The monoisotopic (exact) mass is 252 g/mol. The van der Waals surface area contributed by atoms with Crippen LogP contribution in [-0.4, -0.2) is 20.9 Å². The van der Waals surface area contributed by atoms with Crippen LogP contribution in [0.3, 0.4) is 0 Å². The normalized spacial score (nSPS) is 10.8. The number of benzene rings is 2. The lowest BCUT2D eigenvalue weighted by Gasteiger charge is -2.03. The van der Waals surface area contributed by atoms with E-state index in [0.717, 1.165) is 11.2 Å².